The summed E-state index contributed by atoms with van der Waals surface area (Å²) in [6.07, 6.45) is 0.172. The molecule has 0 radical (unpaired) electrons. The van der Waals surface area contributed by atoms with Crippen LogP contribution < -0.4 is 21.1 Å². The fourth-order valence-corrected chi connectivity index (χ4v) is 3.39. The highest BCUT2D eigenvalue weighted by atomic mass is 32.2. The van der Waals surface area contributed by atoms with Gasteiger partial charge in [0, 0.05) is 13.0 Å². The van der Waals surface area contributed by atoms with Gasteiger partial charge in [0.15, 0.2) is 0 Å². The number of carbonyl (C=O) groups is 3. The normalized spacial score (nSPS) is 16.2. The van der Waals surface area contributed by atoms with Gasteiger partial charge in [-0.05, 0) is 36.2 Å². The predicted molar refractivity (Wildman–Crippen MR) is 105 cm³/mol. The van der Waals surface area contributed by atoms with Crippen LogP contribution in [-0.4, -0.2) is 32.2 Å². The number of anilines is 1. The maximum Gasteiger partial charge on any atom is 0.254 e. The molecule has 0 spiro atoms. The molecule has 1 atom stereocenters. The van der Waals surface area contributed by atoms with Gasteiger partial charge in [0.25, 0.3) is 5.91 Å². The van der Waals surface area contributed by atoms with Crippen molar-refractivity contribution in [3.63, 3.8) is 0 Å². The van der Waals surface area contributed by atoms with E-state index in [4.69, 9.17) is 5.14 Å². The molecule has 29 heavy (non-hydrogen) atoms. The quantitative estimate of drug-likeness (QED) is 0.541. The molecular weight excluding hydrogens is 396 g/mol. The first-order valence-corrected chi connectivity index (χ1v) is 10.4. The van der Waals surface area contributed by atoms with Crippen molar-refractivity contribution in [2.75, 3.05) is 5.32 Å². The molecule has 0 saturated carbocycles. The van der Waals surface area contributed by atoms with Gasteiger partial charge in [-0.25, -0.2) is 13.6 Å². The van der Waals surface area contributed by atoms with E-state index in [1.165, 1.54) is 12.1 Å². The van der Waals surface area contributed by atoms with Gasteiger partial charge in [0.1, 0.15) is 6.04 Å². The molecule has 2 aromatic rings. The minimum Gasteiger partial charge on any atom is -0.352 e. The summed E-state index contributed by atoms with van der Waals surface area (Å²) in [5.41, 5.74) is 1.50. The van der Waals surface area contributed by atoms with Crippen LogP contribution in [-0.2, 0) is 26.2 Å². The Morgan fingerprint density at radius 2 is 1.76 bits per heavy atom. The van der Waals surface area contributed by atoms with Crippen molar-refractivity contribution in [3.8, 4) is 0 Å². The lowest BCUT2D eigenvalue weighted by Crippen LogP contribution is -2.42. The minimum atomic E-state index is -3.76. The third-order valence-electron chi connectivity index (χ3n) is 4.45. The topological polar surface area (TPSA) is 147 Å². The number of para-hydroxylation sites is 1. The number of rotatable bonds is 6. The number of nitrogens with one attached hydrogen (secondary N) is 3. The molecule has 1 aliphatic heterocycles. The van der Waals surface area contributed by atoms with Crippen LogP contribution in [0.1, 0.15) is 28.8 Å². The Balaban J connectivity index is 1.52. The van der Waals surface area contributed by atoms with Crippen LogP contribution in [0.4, 0.5) is 5.69 Å². The summed E-state index contributed by atoms with van der Waals surface area (Å²) >= 11 is 0. The number of benzene rings is 2. The van der Waals surface area contributed by atoms with E-state index in [-0.39, 0.29) is 42.0 Å². The monoisotopic (exact) mass is 416 g/mol. The van der Waals surface area contributed by atoms with E-state index < -0.39 is 16.1 Å². The van der Waals surface area contributed by atoms with Crippen molar-refractivity contribution >= 4 is 33.4 Å². The van der Waals surface area contributed by atoms with Crippen LogP contribution in [0.3, 0.4) is 0 Å². The van der Waals surface area contributed by atoms with E-state index in [0.29, 0.717) is 16.8 Å². The number of amides is 3. The van der Waals surface area contributed by atoms with Gasteiger partial charge >= 0.3 is 0 Å². The standard InChI is InChI=1S/C19H20N4O5S/c20-29(27,28)13-7-5-12(6-8-13)11-21-17(24)10-9-16-19(26)22-15-4-2-1-3-14(15)18(25)23-16/h1-8,16H,9-11H2,(H,21,24)(H,22,26)(H,23,25)(H2,20,27,28). The lowest BCUT2D eigenvalue weighted by molar-refractivity contribution is -0.122. The summed E-state index contributed by atoms with van der Waals surface area (Å²) < 4.78 is 22.5. The maximum atomic E-state index is 12.3. The van der Waals surface area contributed by atoms with Crippen LogP contribution in [0.5, 0.6) is 0 Å². The molecule has 5 N–H and O–H groups in total. The fraction of sp³-hybridized carbons (Fsp3) is 0.211. The molecule has 9 nitrogen and oxygen atoms in total. The lowest BCUT2D eigenvalue weighted by Gasteiger charge is -2.14. The molecule has 1 unspecified atom stereocenters. The zero-order chi connectivity index (χ0) is 21.0. The van der Waals surface area contributed by atoms with Crippen LogP contribution in [0, 0.1) is 0 Å². The molecule has 0 bridgehead atoms. The molecule has 0 aliphatic carbocycles. The molecule has 2 aromatic carbocycles. The molecule has 3 amide bonds. The highest BCUT2D eigenvalue weighted by Gasteiger charge is 2.27. The second-order valence-electron chi connectivity index (χ2n) is 6.57. The van der Waals surface area contributed by atoms with E-state index in [1.54, 1.807) is 36.4 Å². The van der Waals surface area contributed by atoms with Crippen molar-refractivity contribution in [1.82, 2.24) is 10.6 Å². The zero-order valence-electron chi connectivity index (χ0n) is 15.3. The molecule has 0 fully saturated rings. The van der Waals surface area contributed by atoms with E-state index >= 15 is 0 Å². The molecule has 10 heteroatoms. The van der Waals surface area contributed by atoms with Gasteiger partial charge in [-0.1, -0.05) is 24.3 Å². The third kappa shape index (κ3) is 5.18. The second kappa shape index (κ2) is 8.41. The molecule has 1 aliphatic rings. The average Bonchev–Trinajstić information content (AvgIpc) is 2.80. The fourth-order valence-electron chi connectivity index (χ4n) is 2.88. The lowest BCUT2D eigenvalue weighted by atomic mass is 10.1. The molecule has 152 valence electrons. The number of hydrogen-bond donors (Lipinski definition) is 4. The Morgan fingerprint density at radius 1 is 1.07 bits per heavy atom. The Morgan fingerprint density at radius 3 is 2.45 bits per heavy atom. The largest absolute Gasteiger partial charge is 0.352 e. The first-order chi connectivity index (χ1) is 13.7. The third-order valence-corrected chi connectivity index (χ3v) is 5.38. The van der Waals surface area contributed by atoms with Crippen molar-refractivity contribution in [3.05, 3.63) is 59.7 Å². The van der Waals surface area contributed by atoms with E-state index in [2.05, 4.69) is 16.0 Å². The summed E-state index contributed by atoms with van der Waals surface area (Å²) in [6, 6.07) is 11.7. The van der Waals surface area contributed by atoms with Gasteiger partial charge < -0.3 is 16.0 Å². The smallest absolute Gasteiger partial charge is 0.254 e. The predicted octanol–water partition coefficient (Wildman–Crippen LogP) is 0.481. The SMILES string of the molecule is NS(=O)(=O)c1ccc(CNC(=O)CCC2NC(=O)c3ccccc3NC2=O)cc1. The van der Waals surface area contributed by atoms with Gasteiger partial charge in [-0.15, -0.1) is 0 Å². The van der Waals surface area contributed by atoms with E-state index in [1.807, 2.05) is 0 Å². The van der Waals surface area contributed by atoms with Crippen molar-refractivity contribution in [1.29, 1.82) is 0 Å². The van der Waals surface area contributed by atoms with Gasteiger partial charge in [-0.3, -0.25) is 14.4 Å². The molecule has 1 heterocycles. The van der Waals surface area contributed by atoms with E-state index in [0.717, 1.165) is 0 Å². The summed E-state index contributed by atoms with van der Waals surface area (Å²) in [4.78, 5) is 36.7. The first-order valence-electron chi connectivity index (χ1n) is 8.83. The van der Waals surface area contributed by atoms with Gasteiger partial charge in [0.05, 0.1) is 16.1 Å². The average molecular weight is 416 g/mol. The summed E-state index contributed by atoms with van der Waals surface area (Å²) in [5, 5.41) is 13.1. The molecule has 3 rings (SSSR count). The Kier molecular flexibility index (Phi) is 5.95. The van der Waals surface area contributed by atoms with Crippen LogP contribution >= 0.6 is 0 Å². The second-order valence-corrected chi connectivity index (χ2v) is 8.13. The number of sulfonamides is 1. The first kappa shape index (κ1) is 20.5. The van der Waals surface area contributed by atoms with Crippen molar-refractivity contribution in [2.45, 2.75) is 30.3 Å². The number of hydrogen-bond acceptors (Lipinski definition) is 5. The highest BCUT2D eigenvalue weighted by molar-refractivity contribution is 7.89. The van der Waals surface area contributed by atoms with E-state index in [9.17, 15) is 22.8 Å². The molecule has 0 aromatic heterocycles. The summed E-state index contributed by atoms with van der Waals surface area (Å²) in [7, 11) is -3.76. The highest BCUT2D eigenvalue weighted by Crippen LogP contribution is 2.19. The Hall–Kier alpha value is -3.24. The molecular formula is C19H20N4O5S. The molecule has 0 saturated heterocycles. The summed E-state index contributed by atoms with van der Waals surface area (Å²) in [6.45, 7) is 0.193. The number of carbonyl (C=O) groups excluding carboxylic acids is 3. The zero-order valence-corrected chi connectivity index (χ0v) is 16.2. The number of nitrogens with two attached hydrogens (primary N) is 1. The minimum absolute atomic E-state index is 0.0105. The van der Waals surface area contributed by atoms with Crippen LogP contribution in [0.15, 0.2) is 53.4 Å². The summed E-state index contributed by atoms with van der Waals surface area (Å²) in [5.74, 6) is -1.06. The number of primary sulfonamides is 1. The Labute approximate surface area is 167 Å². The van der Waals surface area contributed by atoms with Gasteiger partial charge in [-0.2, -0.15) is 0 Å². The Bertz CT molecular complexity index is 1050. The number of fused-ring (bicyclic) bond motifs is 1. The van der Waals surface area contributed by atoms with Gasteiger partial charge in [0.2, 0.25) is 21.8 Å². The maximum absolute atomic E-state index is 12.3. The van der Waals surface area contributed by atoms with Crippen LogP contribution in [0.25, 0.3) is 0 Å². The van der Waals surface area contributed by atoms with Crippen molar-refractivity contribution in [2.24, 2.45) is 5.14 Å². The van der Waals surface area contributed by atoms with Crippen LogP contribution in [0.2, 0.25) is 0 Å². The van der Waals surface area contributed by atoms with Crippen molar-refractivity contribution < 1.29 is 22.8 Å².